The Morgan fingerprint density at radius 3 is 1.67 bits per heavy atom. The van der Waals surface area contributed by atoms with E-state index in [0.29, 0.717) is 0 Å². The van der Waals surface area contributed by atoms with E-state index in [0.717, 1.165) is 0 Å². The molecular formula is C40H24N2. The zero-order valence-electron chi connectivity index (χ0n) is 22.8. The van der Waals surface area contributed by atoms with Gasteiger partial charge in [-0.15, -0.1) is 0 Å². The standard InChI is InChI=1S/C40H24N2/c1-3-12-25(13-4-1)41-36-21-10-9-18-29(36)32-22-33-35-23-34-28-17-8-7-16-27(28)30-19-11-20-31(39(30)34)40(35)42(38(33)24-37(32)41)26-14-5-2-6-15-26/h1-24H. The van der Waals surface area contributed by atoms with E-state index >= 15 is 0 Å². The van der Waals surface area contributed by atoms with Crippen LogP contribution < -0.4 is 0 Å². The van der Waals surface area contributed by atoms with Crippen LogP contribution in [0.2, 0.25) is 0 Å². The highest BCUT2D eigenvalue weighted by Gasteiger charge is 2.26. The van der Waals surface area contributed by atoms with E-state index in [1.807, 2.05) is 0 Å². The summed E-state index contributed by atoms with van der Waals surface area (Å²) >= 11 is 0. The smallest absolute Gasteiger partial charge is 0.0620 e. The van der Waals surface area contributed by atoms with Crippen LogP contribution in [0.5, 0.6) is 0 Å². The van der Waals surface area contributed by atoms with Crippen LogP contribution in [0.3, 0.4) is 0 Å². The summed E-state index contributed by atoms with van der Waals surface area (Å²) < 4.78 is 4.90. The monoisotopic (exact) mass is 532 g/mol. The normalized spacial score (nSPS) is 12.3. The minimum atomic E-state index is 1.17. The molecule has 194 valence electrons. The molecule has 0 bridgehead atoms. The number of benzene rings is 7. The van der Waals surface area contributed by atoms with Gasteiger partial charge in [-0.25, -0.2) is 0 Å². The summed E-state index contributed by atoms with van der Waals surface area (Å²) in [4.78, 5) is 0. The predicted molar refractivity (Wildman–Crippen MR) is 177 cm³/mol. The fourth-order valence-electron chi connectivity index (χ4n) is 7.53. The summed E-state index contributed by atoms with van der Waals surface area (Å²) in [6.45, 7) is 0. The zero-order chi connectivity index (χ0) is 27.4. The summed E-state index contributed by atoms with van der Waals surface area (Å²) in [7, 11) is 0. The maximum atomic E-state index is 2.49. The maximum Gasteiger partial charge on any atom is 0.0620 e. The van der Waals surface area contributed by atoms with Gasteiger partial charge in [0.05, 0.1) is 22.1 Å². The van der Waals surface area contributed by atoms with Crippen LogP contribution >= 0.6 is 0 Å². The first-order chi connectivity index (χ1) is 20.9. The molecule has 0 saturated heterocycles. The van der Waals surface area contributed by atoms with E-state index in [2.05, 4.69) is 155 Å². The number of fused-ring (bicyclic) bond motifs is 10. The lowest BCUT2D eigenvalue weighted by Gasteiger charge is -2.12. The molecular weight excluding hydrogens is 508 g/mol. The van der Waals surface area contributed by atoms with Crippen LogP contribution in [0.1, 0.15) is 0 Å². The molecule has 9 aromatic rings. The second kappa shape index (κ2) is 7.99. The van der Waals surface area contributed by atoms with Gasteiger partial charge in [0.1, 0.15) is 0 Å². The summed E-state index contributed by atoms with van der Waals surface area (Å²) in [5, 5.41) is 7.79. The van der Waals surface area contributed by atoms with Gasteiger partial charge >= 0.3 is 0 Å². The number of para-hydroxylation sites is 3. The molecule has 0 saturated carbocycles. The van der Waals surface area contributed by atoms with Crippen molar-refractivity contribution in [1.82, 2.24) is 9.13 Å². The molecule has 0 fully saturated rings. The van der Waals surface area contributed by atoms with Crippen molar-refractivity contribution in [3.8, 4) is 33.6 Å². The topological polar surface area (TPSA) is 9.86 Å². The highest BCUT2D eigenvalue weighted by atomic mass is 15.0. The molecule has 0 amide bonds. The first-order valence-electron chi connectivity index (χ1n) is 14.5. The van der Waals surface area contributed by atoms with Crippen molar-refractivity contribution < 1.29 is 0 Å². The maximum absolute atomic E-state index is 2.49. The van der Waals surface area contributed by atoms with Crippen molar-refractivity contribution in [3.63, 3.8) is 0 Å². The summed E-state index contributed by atoms with van der Waals surface area (Å²) in [5.74, 6) is 0. The van der Waals surface area contributed by atoms with Crippen molar-refractivity contribution in [2.45, 2.75) is 0 Å². The molecule has 1 aliphatic carbocycles. The molecule has 0 spiro atoms. The lowest BCUT2D eigenvalue weighted by Crippen LogP contribution is -1.96. The molecule has 1 aliphatic rings. The van der Waals surface area contributed by atoms with Crippen molar-refractivity contribution in [2.24, 2.45) is 0 Å². The van der Waals surface area contributed by atoms with Gasteiger partial charge in [0.2, 0.25) is 0 Å². The molecule has 2 aromatic heterocycles. The van der Waals surface area contributed by atoms with Crippen LogP contribution in [0, 0.1) is 0 Å². The molecule has 0 radical (unpaired) electrons. The Morgan fingerprint density at radius 1 is 0.310 bits per heavy atom. The van der Waals surface area contributed by atoms with Crippen molar-refractivity contribution >= 4 is 54.4 Å². The number of hydrogen-bond donors (Lipinski definition) is 0. The van der Waals surface area contributed by atoms with Gasteiger partial charge in [0.15, 0.2) is 0 Å². The minimum Gasteiger partial charge on any atom is -0.309 e. The fourth-order valence-corrected chi connectivity index (χ4v) is 7.53. The average molecular weight is 533 g/mol. The molecule has 42 heavy (non-hydrogen) atoms. The van der Waals surface area contributed by atoms with Gasteiger partial charge in [-0.05, 0) is 76.2 Å². The third kappa shape index (κ3) is 2.74. The van der Waals surface area contributed by atoms with E-state index in [1.165, 1.54) is 88.0 Å². The Hall–Kier alpha value is -5.60. The summed E-state index contributed by atoms with van der Waals surface area (Å²) in [6.07, 6.45) is 0. The highest BCUT2D eigenvalue weighted by molar-refractivity contribution is 6.29. The van der Waals surface area contributed by atoms with Crippen LogP contribution in [0.25, 0.3) is 88.0 Å². The number of nitrogens with zero attached hydrogens (tertiary/aromatic N) is 2. The van der Waals surface area contributed by atoms with E-state index in [1.54, 1.807) is 0 Å². The van der Waals surface area contributed by atoms with Gasteiger partial charge in [0.25, 0.3) is 0 Å². The zero-order valence-corrected chi connectivity index (χ0v) is 22.8. The second-order valence-electron chi connectivity index (χ2n) is 11.3. The third-order valence-electron chi connectivity index (χ3n) is 9.21. The molecule has 0 aliphatic heterocycles. The second-order valence-corrected chi connectivity index (χ2v) is 11.3. The SMILES string of the molecule is c1ccc(-n2c3ccccc3c3cc4c5cc6c7c(cccc7c5n(-c5ccccc5)c4cc32)-c2ccccc2-6)cc1. The number of rotatable bonds is 2. The van der Waals surface area contributed by atoms with Crippen LogP contribution in [0.4, 0.5) is 0 Å². The van der Waals surface area contributed by atoms with Crippen LogP contribution in [-0.4, -0.2) is 9.13 Å². The Balaban J connectivity index is 1.45. The Morgan fingerprint density at radius 2 is 0.881 bits per heavy atom. The first kappa shape index (κ1) is 22.1. The quantitative estimate of drug-likeness (QED) is 0.210. The highest BCUT2D eigenvalue weighted by Crippen LogP contribution is 2.51. The van der Waals surface area contributed by atoms with Gasteiger partial charge in [-0.1, -0.05) is 97.1 Å². The Bertz CT molecular complexity index is 2550. The summed E-state index contributed by atoms with van der Waals surface area (Å²) in [6, 6.07) is 53.4. The molecule has 0 N–H and O–H groups in total. The van der Waals surface area contributed by atoms with Gasteiger partial charge in [-0.3, -0.25) is 0 Å². The van der Waals surface area contributed by atoms with E-state index in [4.69, 9.17) is 0 Å². The molecule has 2 heterocycles. The molecule has 7 aromatic carbocycles. The number of aromatic nitrogens is 2. The molecule has 2 heteroatoms. The van der Waals surface area contributed by atoms with E-state index < -0.39 is 0 Å². The minimum absolute atomic E-state index is 1.17. The lowest BCUT2D eigenvalue weighted by molar-refractivity contribution is 1.17. The van der Waals surface area contributed by atoms with E-state index in [-0.39, 0.29) is 0 Å². The Labute approximate surface area is 242 Å². The fraction of sp³-hybridized carbons (Fsp3) is 0. The van der Waals surface area contributed by atoms with Gasteiger partial charge < -0.3 is 9.13 Å². The van der Waals surface area contributed by atoms with Gasteiger partial charge in [0, 0.05) is 38.3 Å². The van der Waals surface area contributed by atoms with Crippen LogP contribution in [0.15, 0.2) is 146 Å². The van der Waals surface area contributed by atoms with Crippen molar-refractivity contribution in [3.05, 3.63) is 146 Å². The first-order valence-corrected chi connectivity index (χ1v) is 14.5. The number of hydrogen-bond acceptors (Lipinski definition) is 0. The van der Waals surface area contributed by atoms with Crippen molar-refractivity contribution in [1.29, 1.82) is 0 Å². The molecule has 0 atom stereocenters. The Kier molecular flexibility index (Phi) is 4.21. The van der Waals surface area contributed by atoms with Crippen molar-refractivity contribution in [2.75, 3.05) is 0 Å². The van der Waals surface area contributed by atoms with E-state index in [9.17, 15) is 0 Å². The third-order valence-corrected chi connectivity index (χ3v) is 9.21. The molecule has 2 nitrogen and oxygen atoms in total. The summed E-state index contributed by atoms with van der Waals surface area (Å²) in [5.41, 5.74) is 12.6. The molecule has 10 rings (SSSR count). The lowest BCUT2D eigenvalue weighted by atomic mass is 9.98. The molecule has 0 unspecified atom stereocenters. The predicted octanol–water partition coefficient (Wildman–Crippen LogP) is 10.7. The van der Waals surface area contributed by atoms with Gasteiger partial charge in [-0.2, -0.15) is 0 Å². The van der Waals surface area contributed by atoms with Crippen LogP contribution in [-0.2, 0) is 0 Å². The average Bonchev–Trinajstić information content (AvgIpc) is 3.68. The largest absolute Gasteiger partial charge is 0.309 e.